The number of amides is 2. The maximum Gasteiger partial charge on any atom is 0.287 e. The molecule has 2 N–H and O–H groups in total. The van der Waals surface area contributed by atoms with Crippen molar-refractivity contribution in [2.75, 3.05) is 14.1 Å². The second-order valence-corrected chi connectivity index (χ2v) is 2.64. The average molecular weight is 183 g/mol. The van der Waals surface area contributed by atoms with Gasteiger partial charge in [-0.15, -0.1) is 0 Å². The summed E-state index contributed by atoms with van der Waals surface area (Å²) in [5.41, 5.74) is 4.97. The van der Waals surface area contributed by atoms with Gasteiger partial charge in [-0.05, 0) is 0 Å². The fourth-order valence-corrected chi connectivity index (χ4v) is 0.721. The first kappa shape index (κ1) is 9.24. The van der Waals surface area contributed by atoms with E-state index in [4.69, 9.17) is 5.73 Å². The van der Waals surface area contributed by atoms with Crippen LogP contribution in [-0.4, -0.2) is 36.0 Å². The number of hydrogen-bond acceptors (Lipinski definition) is 4. The second kappa shape index (κ2) is 3.26. The third-order valence-electron chi connectivity index (χ3n) is 1.38. The van der Waals surface area contributed by atoms with Crippen molar-refractivity contribution in [3.8, 4) is 0 Å². The highest BCUT2D eigenvalue weighted by Gasteiger charge is 2.16. The molecule has 0 saturated carbocycles. The third kappa shape index (κ3) is 1.84. The first-order chi connectivity index (χ1) is 6.02. The predicted octanol–water partition coefficient (Wildman–Crippen LogP) is -0.525. The molecule has 0 saturated heterocycles. The van der Waals surface area contributed by atoms with Crippen molar-refractivity contribution in [3.63, 3.8) is 0 Å². The molecule has 1 rings (SSSR count). The van der Waals surface area contributed by atoms with Crippen molar-refractivity contribution >= 4 is 11.8 Å². The fraction of sp³-hybridized carbons (Fsp3) is 0.286. The quantitative estimate of drug-likeness (QED) is 0.667. The molecule has 2 amide bonds. The normalized spacial score (nSPS) is 9.69. The minimum absolute atomic E-state index is 0.0683. The Bertz CT molecular complexity index is 343. The predicted molar refractivity (Wildman–Crippen MR) is 43.0 cm³/mol. The van der Waals surface area contributed by atoms with Crippen LogP contribution in [0.3, 0.4) is 0 Å². The van der Waals surface area contributed by atoms with Crippen LogP contribution in [0, 0.1) is 0 Å². The van der Waals surface area contributed by atoms with E-state index in [2.05, 4.69) is 9.68 Å². The third-order valence-corrected chi connectivity index (χ3v) is 1.38. The number of rotatable bonds is 2. The van der Waals surface area contributed by atoms with Gasteiger partial charge in [0.15, 0.2) is 5.69 Å². The van der Waals surface area contributed by atoms with Gasteiger partial charge in [0.2, 0.25) is 5.76 Å². The molecule has 0 aliphatic carbocycles. The Balaban J connectivity index is 2.92. The fourth-order valence-electron chi connectivity index (χ4n) is 0.721. The topological polar surface area (TPSA) is 89.4 Å². The summed E-state index contributed by atoms with van der Waals surface area (Å²) in [6.45, 7) is 0. The Hall–Kier alpha value is -1.85. The maximum atomic E-state index is 11.2. The highest BCUT2D eigenvalue weighted by Crippen LogP contribution is 2.04. The first-order valence-corrected chi connectivity index (χ1v) is 3.50. The van der Waals surface area contributed by atoms with Crippen LogP contribution < -0.4 is 5.73 Å². The van der Waals surface area contributed by atoms with Crippen molar-refractivity contribution in [2.24, 2.45) is 5.73 Å². The molecule has 6 heteroatoms. The van der Waals surface area contributed by atoms with Gasteiger partial charge in [0.1, 0.15) is 0 Å². The number of hydrogen-bond donors (Lipinski definition) is 1. The van der Waals surface area contributed by atoms with E-state index in [1.807, 2.05) is 0 Å². The minimum Gasteiger partial charge on any atom is -0.363 e. The lowest BCUT2D eigenvalue weighted by atomic mass is 10.3. The molecule has 6 nitrogen and oxygen atoms in total. The molecule has 1 heterocycles. The molecular weight excluding hydrogens is 174 g/mol. The van der Waals surface area contributed by atoms with Gasteiger partial charge in [-0.2, -0.15) is 0 Å². The number of nitrogens with two attached hydrogens (primary N) is 1. The average Bonchev–Trinajstić information content (AvgIpc) is 2.50. The summed E-state index contributed by atoms with van der Waals surface area (Å²) in [5.74, 6) is -1.20. The molecule has 0 aliphatic heterocycles. The van der Waals surface area contributed by atoms with Gasteiger partial charge in [0, 0.05) is 20.2 Å². The number of nitrogens with zero attached hydrogens (tertiary/aromatic N) is 2. The van der Waals surface area contributed by atoms with Crippen LogP contribution in [0.5, 0.6) is 0 Å². The van der Waals surface area contributed by atoms with Crippen LogP contribution in [0.1, 0.15) is 21.0 Å². The van der Waals surface area contributed by atoms with Crippen molar-refractivity contribution < 1.29 is 14.1 Å². The monoisotopic (exact) mass is 183 g/mol. The second-order valence-electron chi connectivity index (χ2n) is 2.64. The summed E-state index contributed by atoms with van der Waals surface area (Å²) in [6.07, 6.45) is 0. The van der Waals surface area contributed by atoms with Gasteiger partial charge in [-0.25, -0.2) is 0 Å². The van der Waals surface area contributed by atoms with E-state index in [0.29, 0.717) is 0 Å². The summed E-state index contributed by atoms with van der Waals surface area (Å²) in [5, 5.41) is 3.39. The van der Waals surface area contributed by atoms with Crippen LogP contribution in [0.25, 0.3) is 0 Å². The lowest BCUT2D eigenvalue weighted by Crippen LogP contribution is -2.21. The molecule has 0 aliphatic rings. The van der Waals surface area contributed by atoms with Crippen molar-refractivity contribution in [2.45, 2.75) is 0 Å². The van der Waals surface area contributed by atoms with Crippen molar-refractivity contribution in [1.82, 2.24) is 10.1 Å². The van der Waals surface area contributed by atoms with Crippen LogP contribution in [0.2, 0.25) is 0 Å². The molecule has 0 spiro atoms. The van der Waals surface area contributed by atoms with Crippen LogP contribution in [-0.2, 0) is 0 Å². The van der Waals surface area contributed by atoms with Gasteiger partial charge < -0.3 is 15.2 Å². The Kier molecular flexibility index (Phi) is 2.32. The summed E-state index contributed by atoms with van der Waals surface area (Å²) >= 11 is 0. The smallest absolute Gasteiger partial charge is 0.287 e. The molecule has 0 fully saturated rings. The molecule has 0 atom stereocenters. The SMILES string of the molecule is CN(C)C(=O)c1cc(C(N)=O)on1. The largest absolute Gasteiger partial charge is 0.363 e. The molecule has 0 radical (unpaired) electrons. The van der Waals surface area contributed by atoms with Crippen LogP contribution >= 0.6 is 0 Å². The molecule has 1 aromatic heterocycles. The van der Waals surface area contributed by atoms with Crippen LogP contribution in [0.4, 0.5) is 0 Å². The van der Waals surface area contributed by atoms with E-state index < -0.39 is 5.91 Å². The molecule has 0 aromatic carbocycles. The number of carbonyl (C=O) groups excluding carboxylic acids is 2. The number of primary amides is 1. The first-order valence-electron chi connectivity index (χ1n) is 3.50. The summed E-state index contributed by atoms with van der Waals surface area (Å²) in [7, 11) is 3.14. The lowest BCUT2D eigenvalue weighted by Gasteiger charge is -2.05. The maximum absolute atomic E-state index is 11.2. The summed E-state index contributed by atoms with van der Waals surface area (Å²) in [6, 6.07) is 1.21. The summed E-state index contributed by atoms with van der Waals surface area (Å²) < 4.78 is 4.53. The highest BCUT2D eigenvalue weighted by atomic mass is 16.5. The Morgan fingerprint density at radius 1 is 1.54 bits per heavy atom. The van der Waals surface area contributed by atoms with Gasteiger partial charge in [-0.1, -0.05) is 5.16 Å². The van der Waals surface area contributed by atoms with E-state index >= 15 is 0 Å². The van der Waals surface area contributed by atoms with E-state index in [0.717, 1.165) is 0 Å². The van der Waals surface area contributed by atoms with Gasteiger partial charge in [0.25, 0.3) is 11.8 Å². The molecule has 0 bridgehead atoms. The van der Waals surface area contributed by atoms with Crippen LogP contribution in [0.15, 0.2) is 10.6 Å². The zero-order chi connectivity index (χ0) is 10.0. The van der Waals surface area contributed by atoms with Crippen molar-refractivity contribution in [3.05, 3.63) is 17.5 Å². The molecular formula is C7H9N3O3. The van der Waals surface area contributed by atoms with E-state index in [1.165, 1.54) is 11.0 Å². The zero-order valence-corrected chi connectivity index (χ0v) is 7.27. The highest BCUT2D eigenvalue weighted by molar-refractivity contribution is 5.96. The van der Waals surface area contributed by atoms with E-state index in [1.54, 1.807) is 14.1 Å². The Morgan fingerprint density at radius 3 is 2.54 bits per heavy atom. The van der Waals surface area contributed by atoms with E-state index in [9.17, 15) is 9.59 Å². The van der Waals surface area contributed by atoms with Gasteiger partial charge >= 0.3 is 0 Å². The molecule has 1 aromatic rings. The summed E-state index contributed by atoms with van der Waals surface area (Å²) in [4.78, 5) is 23.1. The Morgan fingerprint density at radius 2 is 2.15 bits per heavy atom. The Labute approximate surface area is 74.3 Å². The lowest BCUT2D eigenvalue weighted by molar-refractivity contribution is 0.0815. The molecule has 0 unspecified atom stereocenters. The number of aromatic nitrogens is 1. The van der Waals surface area contributed by atoms with Gasteiger partial charge in [-0.3, -0.25) is 9.59 Å². The standard InChI is InChI=1S/C7H9N3O3/c1-10(2)7(12)4-3-5(6(8)11)13-9-4/h3H,1-2H3,(H2,8,11). The minimum atomic E-state index is -0.745. The van der Waals surface area contributed by atoms with Crippen molar-refractivity contribution in [1.29, 1.82) is 0 Å². The molecule has 70 valence electrons. The molecule has 13 heavy (non-hydrogen) atoms. The number of carbonyl (C=O) groups is 2. The van der Waals surface area contributed by atoms with E-state index in [-0.39, 0.29) is 17.4 Å². The van der Waals surface area contributed by atoms with Gasteiger partial charge in [0.05, 0.1) is 0 Å². The zero-order valence-electron chi connectivity index (χ0n) is 7.27.